The Hall–Kier alpha value is -4.56. The molecule has 0 radical (unpaired) electrons. The second-order valence-electron chi connectivity index (χ2n) is 9.96. The van der Waals surface area contributed by atoms with Crippen molar-refractivity contribution in [3.8, 4) is 0 Å². The van der Waals surface area contributed by atoms with E-state index in [0.717, 1.165) is 22.3 Å². The van der Waals surface area contributed by atoms with Crippen molar-refractivity contribution < 1.29 is 19.1 Å². The van der Waals surface area contributed by atoms with Crippen molar-refractivity contribution in [2.75, 3.05) is 23.9 Å². The first kappa shape index (κ1) is 24.8. The zero-order valence-corrected chi connectivity index (χ0v) is 22.5. The number of halogens is 1. The molecule has 196 valence electrons. The summed E-state index contributed by atoms with van der Waals surface area (Å²) in [6.45, 7) is 3.99. The maximum absolute atomic E-state index is 13.9. The Bertz CT molecular complexity index is 1790. The number of imidazole rings is 1. The third-order valence-corrected chi connectivity index (χ3v) is 7.43. The fraction of sp³-hybridized carbons (Fsp3) is 0.167. The molecule has 9 heteroatoms. The fourth-order valence-electron chi connectivity index (χ4n) is 4.95. The third kappa shape index (κ3) is 4.04. The van der Waals surface area contributed by atoms with Crippen LogP contribution < -0.4 is 9.80 Å². The van der Waals surface area contributed by atoms with Gasteiger partial charge in [-0.05, 0) is 79.1 Å². The molecule has 6 rings (SSSR count). The number of rotatable bonds is 5. The van der Waals surface area contributed by atoms with E-state index in [4.69, 9.17) is 16.0 Å². The number of aromatic nitrogens is 2. The van der Waals surface area contributed by atoms with Gasteiger partial charge in [0.15, 0.2) is 11.5 Å². The van der Waals surface area contributed by atoms with E-state index in [1.54, 1.807) is 24.3 Å². The largest absolute Gasteiger partial charge is 0.503 e. The van der Waals surface area contributed by atoms with Crippen LogP contribution in [-0.4, -0.2) is 40.9 Å². The molecule has 0 fully saturated rings. The van der Waals surface area contributed by atoms with Crippen molar-refractivity contribution in [1.82, 2.24) is 9.97 Å². The Balaban J connectivity index is 1.50. The van der Waals surface area contributed by atoms with Gasteiger partial charge in [0, 0.05) is 30.2 Å². The minimum atomic E-state index is -0.944. The standard InChI is InChI=1S/C30H25ClN4O4/c1-15-11-21-22(12-16(15)2)33-30(32-21)35-26(17-5-8-20(9-6-17)34(3)4)25(28(37)29(35)38)27(36)24-14-18-13-19(31)7-10-23(18)39-24/h5-14,26,37H,1-4H3,(H,32,33). The number of benzene rings is 3. The van der Waals surface area contributed by atoms with Gasteiger partial charge < -0.3 is 19.4 Å². The molecule has 0 aliphatic carbocycles. The van der Waals surface area contributed by atoms with Gasteiger partial charge in [0.05, 0.1) is 22.6 Å². The lowest BCUT2D eigenvalue weighted by Crippen LogP contribution is -2.32. The predicted octanol–water partition coefficient (Wildman–Crippen LogP) is 6.43. The quantitative estimate of drug-likeness (QED) is 0.249. The maximum atomic E-state index is 13.9. The summed E-state index contributed by atoms with van der Waals surface area (Å²) in [5.74, 6) is -1.75. The minimum Gasteiger partial charge on any atom is -0.503 e. The number of ketones is 1. The van der Waals surface area contributed by atoms with E-state index in [0.29, 0.717) is 27.1 Å². The summed E-state index contributed by atoms with van der Waals surface area (Å²) in [6.07, 6.45) is 0. The Morgan fingerprint density at radius 2 is 1.77 bits per heavy atom. The molecule has 1 aliphatic heterocycles. The molecule has 0 bridgehead atoms. The highest BCUT2D eigenvalue weighted by Gasteiger charge is 2.46. The summed E-state index contributed by atoms with van der Waals surface area (Å²) in [5, 5.41) is 12.3. The lowest BCUT2D eigenvalue weighted by atomic mass is 9.95. The highest BCUT2D eigenvalue weighted by molar-refractivity contribution is 6.31. The minimum absolute atomic E-state index is 0.00534. The number of aromatic amines is 1. The van der Waals surface area contributed by atoms with E-state index in [1.165, 1.54) is 4.90 Å². The van der Waals surface area contributed by atoms with Crippen molar-refractivity contribution >= 4 is 56.9 Å². The molecule has 1 atom stereocenters. The van der Waals surface area contributed by atoms with Crippen molar-refractivity contribution in [1.29, 1.82) is 0 Å². The fourth-order valence-corrected chi connectivity index (χ4v) is 5.14. The number of hydrogen-bond donors (Lipinski definition) is 2. The number of Topliss-reactive ketones (excluding diaryl/α,β-unsaturated/α-hetero) is 1. The van der Waals surface area contributed by atoms with Crippen molar-refractivity contribution in [3.05, 3.63) is 99.5 Å². The van der Waals surface area contributed by atoms with Gasteiger partial charge >= 0.3 is 0 Å². The van der Waals surface area contributed by atoms with E-state index in [2.05, 4.69) is 9.97 Å². The average molecular weight is 541 g/mol. The van der Waals surface area contributed by atoms with Gasteiger partial charge in [-0.25, -0.2) is 4.98 Å². The summed E-state index contributed by atoms with van der Waals surface area (Å²) in [4.78, 5) is 38.6. The van der Waals surface area contributed by atoms with Crippen LogP contribution in [0.5, 0.6) is 0 Å². The number of carbonyl (C=O) groups is 2. The van der Waals surface area contributed by atoms with Crippen molar-refractivity contribution in [2.24, 2.45) is 0 Å². The molecule has 2 aromatic heterocycles. The number of anilines is 2. The number of aliphatic hydroxyl groups excluding tert-OH is 1. The van der Waals surface area contributed by atoms with Crippen LogP contribution in [0.2, 0.25) is 5.02 Å². The van der Waals surface area contributed by atoms with Gasteiger partial charge in [0.1, 0.15) is 5.58 Å². The van der Waals surface area contributed by atoms with E-state index in [1.807, 2.05) is 69.2 Å². The molecular formula is C30H25ClN4O4. The zero-order chi connectivity index (χ0) is 27.6. The number of carbonyl (C=O) groups excluding carboxylic acids is 2. The maximum Gasteiger partial charge on any atom is 0.296 e. The molecule has 1 unspecified atom stereocenters. The molecule has 1 amide bonds. The van der Waals surface area contributed by atoms with Crippen LogP contribution >= 0.6 is 11.6 Å². The first-order chi connectivity index (χ1) is 18.6. The monoisotopic (exact) mass is 540 g/mol. The Morgan fingerprint density at radius 3 is 2.49 bits per heavy atom. The molecule has 3 aromatic carbocycles. The van der Waals surface area contributed by atoms with Gasteiger partial charge in [-0.3, -0.25) is 14.5 Å². The Kier molecular flexibility index (Phi) is 5.73. The number of nitrogens with one attached hydrogen (secondary N) is 1. The van der Waals surface area contributed by atoms with Crippen LogP contribution in [0.1, 0.15) is 33.3 Å². The van der Waals surface area contributed by atoms with Gasteiger partial charge in [0.25, 0.3) is 5.91 Å². The number of aliphatic hydroxyl groups is 1. The van der Waals surface area contributed by atoms with E-state index in [9.17, 15) is 14.7 Å². The third-order valence-electron chi connectivity index (χ3n) is 7.19. The predicted molar refractivity (Wildman–Crippen MR) is 152 cm³/mol. The first-order valence-electron chi connectivity index (χ1n) is 12.4. The van der Waals surface area contributed by atoms with Crippen LogP contribution in [-0.2, 0) is 4.79 Å². The molecule has 39 heavy (non-hydrogen) atoms. The first-order valence-corrected chi connectivity index (χ1v) is 12.7. The number of H-pyrrole nitrogens is 1. The molecule has 0 spiro atoms. The van der Waals surface area contributed by atoms with E-state index >= 15 is 0 Å². The number of hydrogen-bond acceptors (Lipinski definition) is 6. The van der Waals surface area contributed by atoms with Crippen LogP contribution in [0, 0.1) is 13.8 Å². The topological polar surface area (TPSA) is 103 Å². The van der Waals surface area contributed by atoms with Gasteiger partial charge in [-0.1, -0.05) is 23.7 Å². The lowest BCUT2D eigenvalue weighted by molar-refractivity contribution is -0.117. The van der Waals surface area contributed by atoms with Gasteiger partial charge in [0.2, 0.25) is 11.7 Å². The highest BCUT2D eigenvalue weighted by atomic mass is 35.5. The zero-order valence-electron chi connectivity index (χ0n) is 21.7. The van der Waals surface area contributed by atoms with E-state index < -0.39 is 23.5 Å². The number of amides is 1. The Labute approximate surface area is 229 Å². The summed E-state index contributed by atoms with van der Waals surface area (Å²) in [7, 11) is 3.85. The molecule has 1 aliphatic rings. The molecule has 0 saturated carbocycles. The molecule has 2 N–H and O–H groups in total. The number of nitrogens with zero attached hydrogens (tertiary/aromatic N) is 3. The summed E-state index contributed by atoms with van der Waals surface area (Å²) in [5.41, 5.74) is 5.52. The Morgan fingerprint density at radius 1 is 1.05 bits per heavy atom. The summed E-state index contributed by atoms with van der Waals surface area (Å²) < 4.78 is 5.82. The highest BCUT2D eigenvalue weighted by Crippen LogP contribution is 2.42. The average Bonchev–Trinajstić information content (AvgIpc) is 3.58. The van der Waals surface area contributed by atoms with Crippen LogP contribution in [0.3, 0.4) is 0 Å². The molecule has 5 aromatic rings. The lowest BCUT2D eigenvalue weighted by Gasteiger charge is -2.25. The normalized spacial score (nSPS) is 15.7. The number of fused-ring (bicyclic) bond motifs is 2. The SMILES string of the molecule is Cc1cc2nc(N3C(=O)C(O)=C(C(=O)c4cc5cc(Cl)ccc5o4)C3c3ccc(N(C)C)cc3)[nH]c2cc1C. The van der Waals surface area contributed by atoms with Crippen LogP contribution in [0.25, 0.3) is 22.0 Å². The smallest absolute Gasteiger partial charge is 0.296 e. The van der Waals surface area contributed by atoms with Crippen LogP contribution in [0.4, 0.5) is 11.6 Å². The molecule has 8 nitrogen and oxygen atoms in total. The summed E-state index contributed by atoms with van der Waals surface area (Å²) in [6, 6.07) is 17.0. The van der Waals surface area contributed by atoms with Crippen molar-refractivity contribution in [2.45, 2.75) is 19.9 Å². The second kappa shape index (κ2) is 9.03. The van der Waals surface area contributed by atoms with Gasteiger partial charge in [-0.15, -0.1) is 0 Å². The van der Waals surface area contributed by atoms with E-state index in [-0.39, 0.29) is 17.3 Å². The van der Waals surface area contributed by atoms with Crippen LogP contribution in [0.15, 0.2) is 76.4 Å². The second-order valence-corrected chi connectivity index (χ2v) is 10.4. The molecule has 3 heterocycles. The number of furan rings is 1. The van der Waals surface area contributed by atoms with Gasteiger partial charge in [-0.2, -0.15) is 0 Å². The molecule has 0 saturated heterocycles. The van der Waals surface area contributed by atoms with Crippen molar-refractivity contribution in [3.63, 3.8) is 0 Å². The summed E-state index contributed by atoms with van der Waals surface area (Å²) >= 11 is 6.11. The molecular weight excluding hydrogens is 516 g/mol. The number of aryl methyl sites for hydroxylation is 2.